The molecule has 1 saturated heterocycles. The first-order valence-electron chi connectivity index (χ1n) is 5.63. The van der Waals surface area contributed by atoms with Crippen molar-refractivity contribution in [3.63, 3.8) is 0 Å². The van der Waals surface area contributed by atoms with Crippen molar-refractivity contribution < 1.29 is 14.6 Å². The van der Waals surface area contributed by atoms with Gasteiger partial charge in [0.1, 0.15) is 0 Å². The van der Waals surface area contributed by atoms with Crippen LogP contribution in [0, 0.1) is 0 Å². The maximum Gasteiger partial charge on any atom is 0.166 e. The van der Waals surface area contributed by atoms with Gasteiger partial charge in [-0.25, -0.2) is 0 Å². The van der Waals surface area contributed by atoms with Crippen LogP contribution in [0.2, 0.25) is 0 Å². The molecule has 1 aliphatic rings. The van der Waals surface area contributed by atoms with Gasteiger partial charge in [-0.2, -0.15) is 0 Å². The number of unbranched alkanes of at least 4 members (excludes halogenated alkanes) is 1. The molecule has 0 amide bonds. The Morgan fingerprint density at radius 3 is 2.86 bits per heavy atom. The fraction of sp³-hybridized carbons (Fsp3) is 1.00. The molecule has 1 aliphatic heterocycles. The van der Waals surface area contributed by atoms with Crippen LogP contribution in [0.5, 0.6) is 0 Å². The number of aliphatic hydroxyl groups excluding tert-OH is 1. The van der Waals surface area contributed by atoms with Crippen molar-refractivity contribution in [3.8, 4) is 0 Å². The number of ether oxygens (including phenoxy) is 2. The zero-order valence-corrected chi connectivity index (χ0v) is 9.29. The monoisotopic (exact) mass is 202 g/mol. The van der Waals surface area contributed by atoms with Crippen molar-refractivity contribution >= 4 is 0 Å². The van der Waals surface area contributed by atoms with Crippen LogP contribution in [0.1, 0.15) is 46.0 Å². The van der Waals surface area contributed by atoms with E-state index in [1.165, 1.54) is 0 Å². The highest BCUT2D eigenvalue weighted by molar-refractivity contribution is 4.74. The van der Waals surface area contributed by atoms with E-state index < -0.39 is 0 Å². The summed E-state index contributed by atoms with van der Waals surface area (Å²) in [5, 5.41) is 8.66. The molecule has 0 aliphatic carbocycles. The SMILES string of the molecule is CCCC1(C)OCC(CCCCO)O1. The average molecular weight is 202 g/mol. The minimum atomic E-state index is -0.349. The van der Waals surface area contributed by atoms with Crippen molar-refractivity contribution in [2.24, 2.45) is 0 Å². The normalized spacial score (nSPS) is 32.4. The molecule has 2 unspecified atom stereocenters. The van der Waals surface area contributed by atoms with Gasteiger partial charge in [0.25, 0.3) is 0 Å². The maximum absolute atomic E-state index is 8.66. The lowest BCUT2D eigenvalue weighted by Crippen LogP contribution is -2.26. The van der Waals surface area contributed by atoms with Crippen LogP contribution in [0.25, 0.3) is 0 Å². The molecule has 1 heterocycles. The highest BCUT2D eigenvalue weighted by Crippen LogP contribution is 2.29. The summed E-state index contributed by atoms with van der Waals surface area (Å²) in [6.07, 6.45) is 5.17. The molecular formula is C11H22O3. The Balaban J connectivity index is 2.19. The molecule has 0 saturated carbocycles. The molecule has 0 aromatic carbocycles. The number of hydrogen-bond acceptors (Lipinski definition) is 3. The molecule has 0 spiro atoms. The van der Waals surface area contributed by atoms with Crippen LogP contribution in [-0.2, 0) is 9.47 Å². The predicted molar refractivity (Wildman–Crippen MR) is 55.1 cm³/mol. The lowest BCUT2D eigenvalue weighted by atomic mass is 10.1. The summed E-state index contributed by atoms with van der Waals surface area (Å²) >= 11 is 0. The number of aliphatic hydroxyl groups is 1. The number of hydrogen-bond donors (Lipinski definition) is 1. The van der Waals surface area contributed by atoms with Crippen LogP contribution < -0.4 is 0 Å². The Morgan fingerprint density at radius 1 is 1.43 bits per heavy atom. The van der Waals surface area contributed by atoms with E-state index >= 15 is 0 Å². The van der Waals surface area contributed by atoms with Gasteiger partial charge in [-0.1, -0.05) is 13.3 Å². The largest absolute Gasteiger partial charge is 0.396 e. The van der Waals surface area contributed by atoms with Crippen molar-refractivity contribution in [2.45, 2.75) is 57.8 Å². The maximum atomic E-state index is 8.66. The number of rotatable bonds is 6. The second-order valence-electron chi connectivity index (χ2n) is 4.15. The molecule has 1 fully saturated rings. The second kappa shape index (κ2) is 5.69. The first-order chi connectivity index (χ1) is 6.70. The predicted octanol–water partition coefficient (Wildman–Crippen LogP) is 2.08. The van der Waals surface area contributed by atoms with E-state index in [2.05, 4.69) is 6.92 Å². The fourth-order valence-electron chi connectivity index (χ4n) is 1.90. The topological polar surface area (TPSA) is 38.7 Å². The van der Waals surface area contributed by atoms with E-state index in [4.69, 9.17) is 14.6 Å². The van der Waals surface area contributed by atoms with E-state index in [1.54, 1.807) is 0 Å². The zero-order valence-electron chi connectivity index (χ0n) is 9.29. The molecule has 0 bridgehead atoms. The molecule has 1 rings (SSSR count). The molecule has 3 nitrogen and oxygen atoms in total. The summed E-state index contributed by atoms with van der Waals surface area (Å²) in [5.74, 6) is -0.349. The van der Waals surface area contributed by atoms with E-state index in [0.717, 1.165) is 32.1 Å². The average Bonchev–Trinajstić information content (AvgIpc) is 2.49. The van der Waals surface area contributed by atoms with Crippen LogP contribution >= 0.6 is 0 Å². The van der Waals surface area contributed by atoms with Gasteiger partial charge < -0.3 is 14.6 Å². The molecule has 2 atom stereocenters. The van der Waals surface area contributed by atoms with Crippen LogP contribution in [0.15, 0.2) is 0 Å². The highest BCUT2D eigenvalue weighted by atomic mass is 16.7. The van der Waals surface area contributed by atoms with Crippen LogP contribution in [-0.4, -0.2) is 30.2 Å². The third-order valence-electron chi connectivity index (χ3n) is 2.63. The van der Waals surface area contributed by atoms with Crippen LogP contribution in [0.4, 0.5) is 0 Å². The first kappa shape index (κ1) is 12.0. The summed E-state index contributed by atoms with van der Waals surface area (Å²) < 4.78 is 11.5. The molecule has 0 aromatic rings. The van der Waals surface area contributed by atoms with Gasteiger partial charge >= 0.3 is 0 Å². The molecule has 3 heteroatoms. The Labute approximate surface area is 86.4 Å². The van der Waals surface area contributed by atoms with Gasteiger partial charge in [-0.15, -0.1) is 0 Å². The molecule has 1 N–H and O–H groups in total. The van der Waals surface area contributed by atoms with Crippen LogP contribution in [0.3, 0.4) is 0 Å². The molecular weight excluding hydrogens is 180 g/mol. The summed E-state index contributed by atoms with van der Waals surface area (Å²) in [6.45, 7) is 5.14. The van der Waals surface area contributed by atoms with Gasteiger partial charge in [0.05, 0.1) is 12.7 Å². The quantitative estimate of drug-likeness (QED) is 0.670. The van der Waals surface area contributed by atoms with Gasteiger partial charge in [0.15, 0.2) is 5.79 Å². The van der Waals surface area contributed by atoms with Gasteiger partial charge in [-0.3, -0.25) is 0 Å². The molecule has 84 valence electrons. The van der Waals surface area contributed by atoms with Crippen molar-refractivity contribution in [3.05, 3.63) is 0 Å². The van der Waals surface area contributed by atoms with Gasteiger partial charge in [-0.05, 0) is 26.2 Å². The van der Waals surface area contributed by atoms with Crippen molar-refractivity contribution in [2.75, 3.05) is 13.2 Å². The summed E-state index contributed by atoms with van der Waals surface area (Å²) in [4.78, 5) is 0. The highest BCUT2D eigenvalue weighted by Gasteiger charge is 2.35. The van der Waals surface area contributed by atoms with Crippen molar-refractivity contribution in [1.29, 1.82) is 0 Å². The van der Waals surface area contributed by atoms with E-state index in [-0.39, 0.29) is 18.5 Å². The minimum absolute atomic E-state index is 0.234. The second-order valence-corrected chi connectivity index (χ2v) is 4.15. The zero-order chi connectivity index (χ0) is 10.4. The molecule has 0 radical (unpaired) electrons. The van der Waals surface area contributed by atoms with E-state index in [0.29, 0.717) is 6.61 Å². The standard InChI is InChI=1S/C11H22O3/c1-3-7-11(2)13-9-10(14-11)6-4-5-8-12/h10,12H,3-9H2,1-2H3. The third-order valence-corrected chi connectivity index (χ3v) is 2.63. The van der Waals surface area contributed by atoms with Gasteiger partial charge in [0.2, 0.25) is 0 Å². The summed E-state index contributed by atoms with van der Waals surface area (Å²) in [7, 11) is 0. The Kier molecular flexibility index (Phi) is 4.85. The molecule has 0 aromatic heterocycles. The summed E-state index contributed by atoms with van der Waals surface area (Å²) in [6, 6.07) is 0. The third kappa shape index (κ3) is 3.56. The van der Waals surface area contributed by atoms with Gasteiger partial charge in [0, 0.05) is 13.0 Å². The lowest BCUT2D eigenvalue weighted by Gasteiger charge is -2.22. The molecule has 14 heavy (non-hydrogen) atoms. The minimum Gasteiger partial charge on any atom is -0.396 e. The lowest BCUT2D eigenvalue weighted by molar-refractivity contribution is -0.159. The Morgan fingerprint density at radius 2 is 2.21 bits per heavy atom. The summed E-state index contributed by atoms with van der Waals surface area (Å²) in [5.41, 5.74) is 0. The Hall–Kier alpha value is -0.120. The first-order valence-corrected chi connectivity index (χ1v) is 5.63. The van der Waals surface area contributed by atoms with Crippen molar-refractivity contribution in [1.82, 2.24) is 0 Å². The smallest absolute Gasteiger partial charge is 0.166 e. The van der Waals surface area contributed by atoms with E-state index in [9.17, 15) is 0 Å². The van der Waals surface area contributed by atoms with E-state index in [1.807, 2.05) is 6.92 Å². The fourth-order valence-corrected chi connectivity index (χ4v) is 1.90. The Bertz CT molecular complexity index is 161.